The fourth-order valence-electron chi connectivity index (χ4n) is 4.05. The Morgan fingerprint density at radius 1 is 0.903 bits per heavy atom. The van der Waals surface area contributed by atoms with Gasteiger partial charge in [0.1, 0.15) is 12.4 Å². The molecule has 0 atom stereocenters. The van der Waals surface area contributed by atoms with Crippen LogP contribution in [0.2, 0.25) is 5.02 Å². The molecule has 0 fully saturated rings. The minimum absolute atomic E-state index is 0.114. The number of halogens is 1. The highest BCUT2D eigenvalue weighted by Gasteiger charge is 2.17. The van der Waals surface area contributed by atoms with Gasteiger partial charge in [-0.1, -0.05) is 39.3 Å². The van der Waals surface area contributed by atoms with Crippen molar-refractivity contribution in [2.45, 2.75) is 34.2 Å². The van der Waals surface area contributed by atoms with Crippen LogP contribution in [0, 0.1) is 0 Å². The normalized spacial score (nSPS) is 11.8. The van der Waals surface area contributed by atoms with Crippen molar-refractivity contribution in [1.29, 1.82) is 0 Å². The lowest BCUT2D eigenvalue weighted by Gasteiger charge is -2.24. The molecule has 1 aliphatic carbocycles. The lowest BCUT2D eigenvalue weighted by molar-refractivity contribution is 0.223. The Labute approximate surface area is 190 Å². The number of likely N-dealkylation sites (N-methyl/N-ethyl adjacent to an activating group) is 2. The molecule has 1 aromatic rings. The molecular weight excluding hydrogens is 410 g/mol. The summed E-state index contributed by atoms with van der Waals surface area (Å²) in [7, 11) is 0. The predicted octanol–water partition coefficient (Wildman–Crippen LogP) is 4.82. The summed E-state index contributed by atoms with van der Waals surface area (Å²) >= 11 is 6.14. The third kappa shape index (κ3) is 5.40. The largest absolute Gasteiger partial charge is 0.492 e. The monoisotopic (exact) mass is 443 g/mol. The quantitative estimate of drug-likeness (QED) is 0.398. The summed E-state index contributed by atoms with van der Waals surface area (Å²) in [5.74, 6) is 0.854. The second-order valence-electron chi connectivity index (χ2n) is 7.73. The Balaban J connectivity index is 2.01. The molecule has 0 aromatic heterocycles. The molecule has 1 aromatic carbocycles. The summed E-state index contributed by atoms with van der Waals surface area (Å²) in [5.41, 5.74) is 2.53. The molecule has 168 valence electrons. The molecule has 0 N–H and O–H groups in total. The molecule has 0 radical (unpaired) electrons. The zero-order valence-electron chi connectivity index (χ0n) is 19.2. The van der Waals surface area contributed by atoms with Crippen LogP contribution in [-0.4, -0.2) is 60.2 Å². The van der Waals surface area contributed by atoms with E-state index in [1.54, 1.807) is 6.07 Å². The predicted molar refractivity (Wildman–Crippen MR) is 131 cm³/mol. The van der Waals surface area contributed by atoms with Crippen molar-refractivity contribution in [2.75, 3.05) is 45.9 Å². The minimum Gasteiger partial charge on any atom is -0.492 e. The summed E-state index contributed by atoms with van der Waals surface area (Å²) in [4.78, 5) is 17.4. The standard InChI is InChI=1S/C25H34ClN3O2/c1-5-27(6-2)13-14-29-23-12-11-22(26)25(30)21(23)17-19-9-10-20(18-24(19)29)31-16-15-28(7-3)8-4/h9-12,17-18H,5-8,13-16H2,1-4H3. The molecule has 2 aliphatic rings. The molecule has 31 heavy (non-hydrogen) atoms. The Bertz CT molecular complexity index is 1030. The lowest BCUT2D eigenvalue weighted by Crippen LogP contribution is -2.28. The molecule has 1 aliphatic heterocycles. The van der Waals surface area contributed by atoms with E-state index in [0.29, 0.717) is 12.2 Å². The van der Waals surface area contributed by atoms with E-state index in [0.717, 1.165) is 68.2 Å². The van der Waals surface area contributed by atoms with Crippen molar-refractivity contribution in [3.63, 3.8) is 0 Å². The van der Waals surface area contributed by atoms with E-state index < -0.39 is 0 Å². The average molecular weight is 444 g/mol. The smallest absolute Gasteiger partial charge is 0.206 e. The summed E-state index contributed by atoms with van der Waals surface area (Å²) < 4.78 is 8.31. The van der Waals surface area contributed by atoms with Gasteiger partial charge in [0.25, 0.3) is 0 Å². The molecule has 1 heterocycles. The minimum atomic E-state index is -0.114. The van der Waals surface area contributed by atoms with E-state index >= 15 is 0 Å². The zero-order valence-corrected chi connectivity index (χ0v) is 19.9. The van der Waals surface area contributed by atoms with Crippen LogP contribution >= 0.6 is 11.6 Å². The Morgan fingerprint density at radius 2 is 1.58 bits per heavy atom. The molecule has 3 rings (SSSR count). The van der Waals surface area contributed by atoms with E-state index in [1.165, 1.54) is 0 Å². The van der Waals surface area contributed by atoms with Crippen molar-refractivity contribution in [2.24, 2.45) is 0 Å². The number of hydrogen-bond acceptors (Lipinski definition) is 4. The van der Waals surface area contributed by atoms with Gasteiger partial charge >= 0.3 is 0 Å². The van der Waals surface area contributed by atoms with E-state index in [-0.39, 0.29) is 10.5 Å². The van der Waals surface area contributed by atoms with Crippen LogP contribution in [0.5, 0.6) is 5.75 Å². The SMILES string of the molecule is CCN(CC)CCOc1ccc2cc3c(=O)c(Cl)ccc-3n(CCN(CC)CC)c2c1. The maximum absolute atomic E-state index is 12.7. The highest BCUT2D eigenvalue weighted by molar-refractivity contribution is 6.30. The first-order valence-electron chi connectivity index (χ1n) is 11.4. The first-order chi connectivity index (χ1) is 15.0. The molecule has 0 spiro atoms. The average Bonchev–Trinajstić information content (AvgIpc) is 2.79. The van der Waals surface area contributed by atoms with Gasteiger partial charge in [-0.2, -0.15) is 0 Å². The highest BCUT2D eigenvalue weighted by Crippen LogP contribution is 2.30. The van der Waals surface area contributed by atoms with Gasteiger partial charge in [0.05, 0.1) is 16.2 Å². The van der Waals surface area contributed by atoms with Gasteiger partial charge in [-0.05, 0) is 61.9 Å². The van der Waals surface area contributed by atoms with Gasteiger partial charge in [0.15, 0.2) is 0 Å². The van der Waals surface area contributed by atoms with Crippen LogP contribution in [-0.2, 0) is 6.54 Å². The number of benzene rings is 2. The number of aromatic nitrogens is 1. The fraction of sp³-hybridized carbons (Fsp3) is 0.480. The lowest BCUT2D eigenvalue weighted by atomic mass is 10.0. The number of pyridine rings is 1. The molecular formula is C25H34ClN3O2. The first kappa shape index (κ1) is 23.6. The fourth-order valence-corrected chi connectivity index (χ4v) is 4.21. The molecule has 0 bridgehead atoms. The van der Waals surface area contributed by atoms with Gasteiger partial charge in [-0.25, -0.2) is 0 Å². The summed E-state index contributed by atoms with van der Waals surface area (Å²) in [5, 5.41) is 1.28. The first-order valence-corrected chi connectivity index (χ1v) is 11.7. The number of hydrogen-bond donors (Lipinski definition) is 0. The topological polar surface area (TPSA) is 37.7 Å². The summed E-state index contributed by atoms with van der Waals surface area (Å²) in [6.07, 6.45) is 0. The molecule has 0 amide bonds. The second-order valence-corrected chi connectivity index (χ2v) is 8.14. The number of rotatable bonds is 11. The van der Waals surface area contributed by atoms with Crippen LogP contribution in [0.15, 0.2) is 41.2 Å². The van der Waals surface area contributed by atoms with Gasteiger partial charge in [0, 0.05) is 31.3 Å². The van der Waals surface area contributed by atoms with Gasteiger partial charge in [-0.3, -0.25) is 4.79 Å². The Hall–Kier alpha value is -2.08. The van der Waals surface area contributed by atoms with Crippen molar-refractivity contribution >= 4 is 22.5 Å². The summed E-state index contributed by atoms with van der Waals surface area (Å²) in [6, 6.07) is 11.7. The van der Waals surface area contributed by atoms with Crippen molar-refractivity contribution in [1.82, 2.24) is 14.4 Å². The van der Waals surface area contributed by atoms with Crippen molar-refractivity contribution < 1.29 is 4.74 Å². The maximum atomic E-state index is 12.7. The van der Waals surface area contributed by atoms with Gasteiger partial charge in [0.2, 0.25) is 5.43 Å². The molecule has 5 nitrogen and oxygen atoms in total. The van der Waals surface area contributed by atoms with Crippen LogP contribution in [0.1, 0.15) is 27.7 Å². The number of nitrogens with zero attached hydrogens (tertiary/aromatic N) is 3. The zero-order chi connectivity index (χ0) is 22.4. The second kappa shape index (κ2) is 11.0. The van der Waals surface area contributed by atoms with E-state index in [2.05, 4.69) is 48.1 Å². The molecule has 0 saturated heterocycles. The van der Waals surface area contributed by atoms with Gasteiger partial charge in [-0.15, -0.1) is 0 Å². The van der Waals surface area contributed by atoms with Crippen molar-refractivity contribution in [3.05, 3.63) is 51.6 Å². The van der Waals surface area contributed by atoms with Crippen LogP contribution in [0.4, 0.5) is 0 Å². The van der Waals surface area contributed by atoms with Gasteiger partial charge < -0.3 is 19.1 Å². The number of ether oxygens (including phenoxy) is 1. The van der Waals surface area contributed by atoms with Crippen LogP contribution in [0.3, 0.4) is 0 Å². The van der Waals surface area contributed by atoms with E-state index in [4.69, 9.17) is 16.3 Å². The highest BCUT2D eigenvalue weighted by atomic mass is 35.5. The third-order valence-electron chi connectivity index (χ3n) is 6.11. The molecule has 6 heteroatoms. The third-order valence-corrected chi connectivity index (χ3v) is 6.41. The van der Waals surface area contributed by atoms with Crippen molar-refractivity contribution in [3.8, 4) is 17.0 Å². The molecule has 0 unspecified atom stereocenters. The summed E-state index contributed by atoms with van der Waals surface area (Å²) in [6.45, 7) is 16.0. The Morgan fingerprint density at radius 3 is 2.26 bits per heavy atom. The van der Waals surface area contributed by atoms with E-state index in [1.807, 2.05) is 24.3 Å². The Kier molecular flexibility index (Phi) is 8.35. The number of fused-ring (bicyclic) bond motifs is 2. The maximum Gasteiger partial charge on any atom is 0.206 e. The van der Waals surface area contributed by atoms with Crippen LogP contribution < -0.4 is 10.2 Å². The van der Waals surface area contributed by atoms with E-state index in [9.17, 15) is 4.79 Å². The van der Waals surface area contributed by atoms with Crippen LogP contribution in [0.25, 0.3) is 22.2 Å². The molecule has 0 saturated carbocycles.